The van der Waals surface area contributed by atoms with Gasteiger partial charge in [-0.25, -0.2) is 0 Å². The van der Waals surface area contributed by atoms with Crippen molar-refractivity contribution in [3.8, 4) is 0 Å². The summed E-state index contributed by atoms with van der Waals surface area (Å²) in [5.41, 5.74) is -0.758. The second-order valence-electron chi connectivity index (χ2n) is 13.5. The largest absolute Gasteiger partial charge is 0.462 e. The van der Waals surface area contributed by atoms with Gasteiger partial charge in [-0.3, -0.25) is 4.79 Å². The van der Waals surface area contributed by atoms with Crippen molar-refractivity contribution in [2.24, 2.45) is 17.8 Å². The Bertz CT molecular complexity index is 1100. The predicted octanol–water partition coefficient (Wildman–Crippen LogP) is 4.14. The average molecular weight is 559 g/mol. The quantitative estimate of drug-likeness (QED) is 0.281. The number of rotatable bonds is 1. The van der Waals surface area contributed by atoms with Gasteiger partial charge in [0, 0.05) is 25.7 Å². The molecule has 0 amide bonds. The molecule has 8 heteroatoms. The molecule has 1 aliphatic carbocycles. The van der Waals surface area contributed by atoms with Crippen LogP contribution in [0.25, 0.3) is 0 Å². The maximum absolute atomic E-state index is 13.9. The van der Waals surface area contributed by atoms with Gasteiger partial charge in [0.05, 0.1) is 30.5 Å². The highest BCUT2D eigenvalue weighted by Gasteiger charge is 2.60. The summed E-state index contributed by atoms with van der Waals surface area (Å²) >= 11 is 0. The first-order valence-corrected chi connectivity index (χ1v) is 15.3. The molecule has 6 aliphatic rings. The Balaban J connectivity index is 1.35. The van der Waals surface area contributed by atoms with Crippen LogP contribution in [0.4, 0.5) is 0 Å². The summed E-state index contributed by atoms with van der Waals surface area (Å²) in [6, 6.07) is 0. The number of esters is 1. The van der Waals surface area contributed by atoms with Crippen molar-refractivity contribution in [3.63, 3.8) is 0 Å². The van der Waals surface area contributed by atoms with Crippen LogP contribution in [0.15, 0.2) is 35.5 Å². The van der Waals surface area contributed by atoms with Gasteiger partial charge in [0.1, 0.15) is 29.8 Å². The summed E-state index contributed by atoms with van der Waals surface area (Å²) in [5.74, 6) is -1.62. The zero-order chi connectivity index (χ0) is 28.4. The molecule has 1 spiro atoms. The molecule has 5 heterocycles. The number of allylic oxidation sites excluding steroid dienone is 3. The average Bonchev–Trinajstić information content (AvgIpc) is 3.38. The minimum absolute atomic E-state index is 0.0788. The topological polar surface area (TPSA) is 107 Å². The third-order valence-electron chi connectivity index (χ3n) is 10.4. The zero-order valence-corrected chi connectivity index (χ0v) is 24.5. The van der Waals surface area contributed by atoms with Crippen LogP contribution >= 0.6 is 0 Å². The smallest absolute Gasteiger partial charge is 0.316 e. The van der Waals surface area contributed by atoms with Gasteiger partial charge in [-0.2, -0.15) is 0 Å². The molecule has 0 aromatic carbocycles. The number of aliphatic hydroxyl groups is 2. The molecule has 0 unspecified atom stereocenters. The molecule has 6 rings (SSSR count). The van der Waals surface area contributed by atoms with Gasteiger partial charge in [0.2, 0.25) is 0 Å². The van der Waals surface area contributed by atoms with Crippen LogP contribution in [0.1, 0.15) is 79.6 Å². The van der Waals surface area contributed by atoms with Crippen molar-refractivity contribution in [1.29, 1.82) is 0 Å². The van der Waals surface area contributed by atoms with Crippen molar-refractivity contribution in [3.05, 3.63) is 35.5 Å². The molecule has 5 aliphatic heterocycles. The summed E-state index contributed by atoms with van der Waals surface area (Å²) < 4.78 is 31.8. The first-order chi connectivity index (χ1) is 19.0. The van der Waals surface area contributed by atoms with Crippen molar-refractivity contribution in [1.82, 2.24) is 0 Å². The SMILES string of the molecule is CC[C@H]1O[C@]2(CC[C@@H]1C)C[C@@H]1C[C@@H](C[C@H]3O[C@@]3(C)C[C@@H](C)/C=C/C=C3\CO[C@@H]4[C@H](O)C(C)=C[C@@H](C(=O)O1)[C@]34O)O2. The van der Waals surface area contributed by atoms with Crippen LogP contribution in [0, 0.1) is 17.8 Å². The van der Waals surface area contributed by atoms with Gasteiger partial charge in [-0.15, -0.1) is 0 Å². The van der Waals surface area contributed by atoms with Crippen molar-refractivity contribution >= 4 is 5.97 Å². The number of hydrogen-bond donors (Lipinski definition) is 2. The number of fused-ring (bicyclic) bond motifs is 3. The van der Waals surface area contributed by atoms with Gasteiger partial charge in [0.15, 0.2) is 5.79 Å². The summed E-state index contributed by atoms with van der Waals surface area (Å²) in [6.45, 7) is 10.6. The highest BCUT2D eigenvalue weighted by molar-refractivity contribution is 5.78. The lowest BCUT2D eigenvalue weighted by Gasteiger charge is -2.50. The van der Waals surface area contributed by atoms with Gasteiger partial charge in [-0.05, 0) is 56.1 Å². The third-order valence-corrected chi connectivity index (χ3v) is 10.4. The van der Waals surface area contributed by atoms with E-state index in [1.165, 1.54) is 0 Å². The molecule has 2 N–H and O–H groups in total. The van der Waals surface area contributed by atoms with Gasteiger partial charge >= 0.3 is 5.97 Å². The Morgan fingerprint density at radius 1 is 1.10 bits per heavy atom. The number of carbonyl (C=O) groups is 1. The van der Waals surface area contributed by atoms with E-state index in [0.29, 0.717) is 29.9 Å². The van der Waals surface area contributed by atoms with Gasteiger partial charge < -0.3 is 33.9 Å². The van der Waals surface area contributed by atoms with E-state index in [-0.39, 0.29) is 36.4 Å². The number of carbonyl (C=O) groups excluding carboxylic acids is 1. The highest BCUT2D eigenvalue weighted by Crippen LogP contribution is 2.50. The molecule has 8 nitrogen and oxygen atoms in total. The number of aliphatic hydroxyl groups excluding tert-OH is 1. The van der Waals surface area contributed by atoms with Crippen LogP contribution in [0.3, 0.4) is 0 Å². The molecular weight excluding hydrogens is 512 g/mol. The first kappa shape index (κ1) is 28.6. The summed E-state index contributed by atoms with van der Waals surface area (Å²) in [7, 11) is 0. The minimum Gasteiger partial charge on any atom is -0.462 e. The van der Waals surface area contributed by atoms with Gasteiger partial charge in [-0.1, -0.05) is 45.1 Å². The number of ether oxygens (including phenoxy) is 5. The predicted molar refractivity (Wildman–Crippen MR) is 147 cm³/mol. The fourth-order valence-electron chi connectivity index (χ4n) is 7.95. The molecule has 0 aromatic heterocycles. The molecule has 0 saturated carbocycles. The lowest BCUT2D eigenvalue weighted by molar-refractivity contribution is -0.336. The van der Waals surface area contributed by atoms with Crippen LogP contribution in [-0.4, -0.2) is 76.4 Å². The second-order valence-corrected chi connectivity index (χ2v) is 13.5. The maximum atomic E-state index is 13.9. The lowest BCUT2D eigenvalue weighted by atomic mass is 9.71. The Labute approximate surface area is 237 Å². The molecule has 0 radical (unpaired) electrons. The molecule has 12 atom stereocenters. The Morgan fingerprint density at radius 2 is 1.90 bits per heavy atom. The molecule has 4 fully saturated rings. The van der Waals surface area contributed by atoms with E-state index in [1.807, 2.05) is 12.2 Å². The van der Waals surface area contributed by atoms with Crippen LogP contribution in [-0.2, 0) is 28.5 Å². The molecule has 2 bridgehead atoms. The van der Waals surface area contributed by atoms with Crippen LogP contribution in [0.2, 0.25) is 0 Å². The van der Waals surface area contributed by atoms with E-state index in [4.69, 9.17) is 23.7 Å². The highest BCUT2D eigenvalue weighted by atomic mass is 16.7. The van der Waals surface area contributed by atoms with Crippen LogP contribution < -0.4 is 0 Å². The normalized spacial score (nSPS) is 53.0. The number of epoxide rings is 1. The Morgan fingerprint density at radius 3 is 2.67 bits per heavy atom. The van der Waals surface area contributed by atoms with E-state index in [2.05, 4.69) is 33.8 Å². The Kier molecular flexibility index (Phi) is 7.37. The van der Waals surface area contributed by atoms with E-state index in [1.54, 1.807) is 13.0 Å². The summed E-state index contributed by atoms with van der Waals surface area (Å²) in [6.07, 6.45) is 10.4. The third kappa shape index (κ3) is 4.92. The van der Waals surface area contributed by atoms with E-state index < -0.39 is 41.6 Å². The van der Waals surface area contributed by atoms with E-state index in [9.17, 15) is 15.0 Å². The molecule has 222 valence electrons. The Hall–Kier alpha value is -1.55. The fraction of sp³-hybridized carbons (Fsp3) is 0.781. The molecule has 0 aromatic rings. The summed E-state index contributed by atoms with van der Waals surface area (Å²) in [4.78, 5) is 13.9. The van der Waals surface area contributed by atoms with Crippen molar-refractivity contribution in [2.75, 3.05) is 6.61 Å². The number of hydrogen-bond acceptors (Lipinski definition) is 8. The standard InChI is InChI=1S/C32H46O8/c1-6-25-19(3)10-11-31(39-25)16-23-13-22(38-31)14-26-30(5,40-26)15-18(2)8-7-9-21-17-36-28-27(33)20(4)12-24(29(34)37-23)32(21,28)35/h7-9,12,18-19,22-28,33,35H,6,10-11,13-17H2,1-5H3/b8-7+,21-9+/t18-,19-,22-,23-,24-,25+,26+,27+,28+,30-,31+,32+/m0/s1. The first-order valence-electron chi connectivity index (χ1n) is 15.3. The van der Waals surface area contributed by atoms with E-state index in [0.717, 1.165) is 32.1 Å². The summed E-state index contributed by atoms with van der Waals surface area (Å²) in [5, 5.41) is 23.0. The molecule has 4 saturated heterocycles. The molecular formula is C32H46O8. The maximum Gasteiger partial charge on any atom is 0.316 e. The van der Waals surface area contributed by atoms with E-state index >= 15 is 0 Å². The zero-order valence-electron chi connectivity index (χ0n) is 24.5. The lowest BCUT2D eigenvalue weighted by Crippen LogP contribution is -2.58. The van der Waals surface area contributed by atoms with Crippen molar-refractivity contribution < 1.29 is 38.7 Å². The fourth-order valence-corrected chi connectivity index (χ4v) is 7.95. The van der Waals surface area contributed by atoms with Crippen molar-refractivity contribution in [2.45, 2.75) is 133 Å². The minimum atomic E-state index is -1.69. The van der Waals surface area contributed by atoms with Gasteiger partial charge in [0.25, 0.3) is 0 Å². The molecule has 40 heavy (non-hydrogen) atoms. The monoisotopic (exact) mass is 558 g/mol. The van der Waals surface area contributed by atoms with Crippen LogP contribution in [0.5, 0.6) is 0 Å². The second kappa shape index (κ2) is 10.3.